The first kappa shape index (κ1) is 25.0. The lowest BCUT2D eigenvalue weighted by molar-refractivity contribution is -0.139. The predicted molar refractivity (Wildman–Crippen MR) is 118 cm³/mol. The number of aliphatic hydroxyl groups is 1. The Hall–Kier alpha value is -3.15. The van der Waals surface area contributed by atoms with E-state index in [1.165, 1.54) is 9.80 Å². The molecule has 2 aliphatic heterocycles. The van der Waals surface area contributed by atoms with Crippen molar-refractivity contribution in [2.45, 2.75) is 58.1 Å². The van der Waals surface area contributed by atoms with Gasteiger partial charge in [0.05, 0.1) is 23.9 Å². The van der Waals surface area contributed by atoms with Gasteiger partial charge in [-0.15, -0.1) is 0 Å². The molecule has 1 unspecified atom stereocenters. The molecular formula is C23H27F4N5O3. The molecule has 0 saturated heterocycles. The summed E-state index contributed by atoms with van der Waals surface area (Å²) in [5.41, 5.74) is -0.0616. The third-order valence-corrected chi connectivity index (χ3v) is 6.69. The van der Waals surface area contributed by atoms with Crippen molar-refractivity contribution in [3.63, 3.8) is 0 Å². The van der Waals surface area contributed by atoms with E-state index in [2.05, 4.69) is 10.4 Å². The molecule has 3 amide bonds. The van der Waals surface area contributed by atoms with Crippen LogP contribution in [0.4, 0.5) is 28.0 Å². The van der Waals surface area contributed by atoms with Crippen LogP contribution in [0.3, 0.4) is 0 Å². The van der Waals surface area contributed by atoms with Crippen LogP contribution in [-0.4, -0.2) is 62.4 Å². The molecule has 2 aliphatic rings. The summed E-state index contributed by atoms with van der Waals surface area (Å²) >= 11 is 0. The minimum absolute atomic E-state index is 0.0333. The smallest absolute Gasteiger partial charge is 0.393 e. The molecule has 190 valence electrons. The number of halogens is 4. The fourth-order valence-electron chi connectivity index (χ4n) is 4.73. The normalized spacial score (nSPS) is 21.3. The maximum Gasteiger partial charge on any atom is 0.419 e. The highest BCUT2D eigenvalue weighted by atomic mass is 19.4. The quantitative estimate of drug-likeness (QED) is 0.636. The first-order chi connectivity index (χ1) is 16.4. The monoisotopic (exact) mass is 497 g/mol. The standard InChI is InChI=1S/C23H27F4N5O3/c1-4-19(33)13-9-30(3)21(34)20-15-11-31(12(2)7-18(15)29-32(20)10-13)22(35)28-14-5-6-17(24)16(8-14)23(25,26)27/h5-6,8,12-13,19,33H,4,7,9-11H2,1-3H3,(H,28,35)/t12-,13-,19?/m1/s1. The summed E-state index contributed by atoms with van der Waals surface area (Å²) in [7, 11) is 1.65. The first-order valence-corrected chi connectivity index (χ1v) is 11.4. The molecule has 0 radical (unpaired) electrons. The highest BCUT2D eigenvalue weighted by molar-refractivity contribution is 5.95. The largest absolute Gasteiger partial charge is 0.419 e. The van der Waals surface area contributed by atoms with E-state index in [4.69, 9.17) is 0 Å². The van der Waals surface area contributed by atoms with E-state index >= 15 is 0 Å². The molecule has 0 aliphatic carbocycles. The van der Waals surface area contributed by atoms with E-state index < -0.39 is 29.7 Å². The zero-order chi connectivity index (χ0) is 25.7. The molecule has 3 atom stereocenters. The average molecular weight is 497 g/mol. The Kier molecular flexibility index (Phi) is 6.52. The Balaban J connectivity index is 1.60. The number of nitrogens with zero attached hydrogens (tertiary/aromatic N) is 4. The van der Waals surface area contributed by atoms with Crippen molar-refractivity contribution >= 4 is 17.6 Å². The number of aromatic nitrogens is 2. The van der Waals surface area contributed by atoms with Gasteiger partial charge in [-0.1, -0.05) is 6.92 Å². The molecule has 0 saturated carbocycles. The maximum absolute atomic E-state index is 13.6. The van der Waals surface area contributed by atoms with Crippen molar-refractivity contribution in [2.24, 2.45) is 5.92 Å². The number of alkyl halides is 3. The number of fused-ring (bicyclic) bond motifs is 3. The third-order valence-electron chi connectivity index (χ3n) is 6.69. The van der Waals surface area contributed by atoms with E-state index in [0.29, 0.717) is 55.0 Å². The Labute approximate surface area is 199 Å². The number of benzene rings is 1. The highest BCUT2D eigenvalue weighted by Crippen LogP contribution is 2.34. The van der Waals surface area contributed by atoms with Crippen LogP contribution in [0.1, 0.15) is 47.6 Å². The summed E-state index contributed by atoms with van der Waals surface area (Å²) in [5.74, 6) is -1.90. The van der Waals surface area contributed by atoms with E-state index in [0.717, 1.165) is 6.07 Å². The predicted octanol–water partition coefficient (Wildman–Crippen LogP) is 3.49. The van der Waals surface area contributed by atoms with Gasteiger partial charge < -0.3 is 20.2 Å². The Morgan fingerprint density at radius 1 is 1.31 bits per heavy atom. The van der Waals surface area contributed by atoms with Gasteiger partial charge in [0.15, 0.2) is 0 Å². The van der Waals surface area contributed by atoms with Crippen LogP contribution in [-0.2, 0) is 25.7 Å². The van der Waals surface area contributed by atoms with Gasteiger partial charge in [-0.05, 0) is 31.5 Å². The highest BCUT2D eigenvalue weighted by Gasteiger charge is 2.38. The summed E-state index contributed by atoms with van der Waals surface area (Å²) in [6.07, 6.45) is -4.62. The average Bonchev–Trinajstić information content (AvgIpc) is 3.07. The van der Waals surface area contributed by atoms with Crippen LogP contribution in [0.2, 0.25) is 0 Å². The summed E-state index contributed by atoms with van der Waals surface area (Å²) in [6, 6.07) is 1.25. The number of urea groups is 1. The molecule has 4 rings (SSSR count). The van der Waals surface area contributed by atoms with E-state index in [1.807, 2.05) is 6.92 Å². The number of aliphatic hydroxyl groups excluding tert-OH is 1. The minimum atomic E-state index is -4.90. The Morgan fingerprint density at radius 2 is 2.03 bits per heavy atom. The van der Waals surface area contributed by atoms with Gasteiger partial charge in [-0.3, -0.25) is 9.48 Å². The Morgan fingerprint density at radius 3 is 2.69 bits per heavy atom. The number of carbonyl (C=O) groups is 2. The van der Waals surface area contributed by atoms with Crippen molar-refractivity contribution in [1.82, 2.24) is 19.6 Å². The van der Waals surface area contributed by atoms with E-state index in [9.17, 15) is 32.3 Å². The van der Waals surface area contributed by atoms with Crippen LogP contribution >= 0.6 is 0 Å². The lowest BCUT2D eigenvalue weighted by atomic mass is 9.99. The van der Waals surface area contributed by atoms with Gasteiger partial charge in [0.1, 0.15) is 11.5 Å². The number of carbonyl (C=O) groups excluding carboxylic acids is 2. The molecule has 2 aromatic rings. The molecule has 8 nitrogen and oxygen atoms in total. The van der Waals surface area contributed by atoms with Crippen molar-refractivity contribution in [1.29, 1.82) is 0 Å². The second kappa shape index (κ2) is 9.14. The minimum Gasteiger partial charge on any atom is -0.393 e. The third kappa shape index (κ3) is 4.71. The maximum atomic E-state index is 13.6. The van der Waals surface area contributed by atoms with Gasteiger partial charge in [0.25, 0.3) is 5.91 Å². The molecule has 0 spiro atoms. The van der Waals surface area contributed by atoms with Gasteiger partial charge in [-0.25, -0.2) is 9.18 Å². The van der Waals surface area contributed by atoms with E-state index in [1.54, 1.807) is 18.7 Å². The molecule has 2 N–H and O–H groups in total. The number of hydrogen-bond acceptors (Lipinski definition) is 4. The summed E-state index contributed by atoms with van der Waals surface area (Å²) in [4.78, 5) is 29.1. The van der Waals surface area contributed by atoms with Gasteiger partial charge >= 0.3 is 12.2 Å². The number of anilines is 1. The SMILES string of the molecule is CCC(O)[C@@H]1CN(C)C(=O)c2c3c(nn2C1)C[C@@H](C)N(C(=O)Nc1ccc(F)c(C(F)(F)F)c1)C3. The molecule has 0 fully saturated rings. The fraction of sp³-hybridized carbons (Fsp3) is 0.522. The second-order valence-corrected chi connectivity index (χ2v) is 9.18. The molecule has 3 heterocycles. The second-order valence-electron chi connectivity index (χ2n) is 9.18. The summed E-state index contributed by atoms with van der Waals surface area (Å²) < 4.78 is 54.4. The summed E-state index contributed by atoms with van der Waals surface area (Å²) in [6.45, 7) is 4.38. The summed E-state index contributed by atoms with van der Waals surface area (Å²) in [5, 5.41) is 17.4. The van der Waals surface area contributed by atoms with Crippen molar-refractivity contribution in [2.75, 3.05) is 18.9 Å². The van der Waals surface area contributed by atoms with Gasteiger partial charge in [0.2, 0.25) is 0 Å². The van der Waals surface area contributed by atoms with Crippen LogP contribution in [0.15, 0.2) is 18.2 Å². The number of nitrogens with one attached hydrogen (secondary N) is 1. The van der Waals surface area contributed by atoms with E-state index in [-0.39, 0.29) is 30.1 Å². The van der Waals surface area contributed by atoms with Crippen LogP contribution < -0.4 is 5.32 Å². The topological polar surface area (TPSA) is 90.7 Å². The zero-order valence-electron chi connectivity index (χ0n) is 19.6. The Bertz CT molecular complexity index is 1150. The fourth-order valence-corrected chi connectivity index (χ4v) is 4.73. The molecule has 35 heavy (non-hydrogen) atoms. The number of amides is 3. The molecule has 1 aromatic carbocycles. The number of rotatable bonds is 3. The lowest BCUT2D eigenvalue weighted by Crippen LogP contribution is -2.45. The van der Waals surface area contributed by atoms with Crippen LogP contribution in [0, 0.1) is 11.7 Å². The molecule has 1 aromatic heterocycles. The lowest BCUT2D eigenvalue weighted by Gasteiger charge is -2.33. The van der Waals surface area contributed by atoms with Crippen LogP contribution in [0.25, 0.3) is 0 Å². The molecule has 0 bridgehead atoms. The van der Waals surface area contributed by atoms with Crippen molar-refractivity contribution in [3.05, 3.63) is 46.5 Å². The first-order valence-electron chi connectivity index (χ1n) is 11.4. The number of hydrogen-bond donors (Lipinski definition) is 2. The van der Waals surface area contributed by atoms with Crippen molar-refractivity contribution < 1.29 is 32.3 Å². The van der Waals surface area contributed by atoms with Crippen LogP contribution in [0.5, 0.6) is 0 Å². The van der Waals surface area contributed by atoms with Crippen molar-refractivity contribution in [3.8, 4) is 0 Å². The molecular weight excluding hydrogens is 470 g/mol. The van der Waals surface area contributed by atoms with Gasteiger partial charge in [0, 0.05) is 49.8 Å². The zero-order valence-corrected chi connectivity index (χ0v) is 19.6. The molecule has 12 heteroatoms. The van der Waals surface area contributed by atoms with Gasteiger partial charge in [-0.2, -0.15) is 18.3 Å².